The van der Waals surface area contributed by atoms with Crippen LogP contribution in [0.3, 0.4) is 0 Å². The number of rotatable bonds is 5. The van der Waals surface area contributed by atoms with Gasteiger partial charge in [-0.25, -0.2) is 14.4 Å². The quantitative estimate of drug-likeness (QED) is 0.554. The van der Waals surface area contributed by atoms with E-state index in [2.05, 4.69) is 15.0 Å². The van der Waals surface area contributed by atoms with Crippen molar-refractivity contribution in [1.82, 2.24) is 15.0 Å². The van der Waals surface area contributed by atoms with Gasteiger partial charge >= 0.3 is 0 Å². The fraction of sp³-hybridized carbons (Fsp3) is 0.150. The zero-order chi connectivity index (χ0) is 18.8. The fourth-order valence-electron chi connectivity index (χ4n) is 3.01. The Bertz CT molecular complexity index is 1070. The molecule has 5 nitrogen and oxygen atoms in total. The molecule has 0 aliphatic rings. The number of hydrogen-bond acceptors (Lipinski definition) is 6. The average molecular weight is 379 g/mol. The molecule has 2 atom stereocenters. The van der Waals surface area contributed by atoms with E-state index >= 15 is 0 Å². The summed E-state index contributed by atoms with van der Waals surface area (Å²) in [6, 6.07) is 12.5. The van der Waals surface area contributed by atoms with E-state index in [9.17, 15) is 4.39 Å². The predicted octanol–water partition coefficient (Wildman–Crippen LogP) is 3.46. The average Bonchev–Trinajstić information content (AvgIpc) is 3.16. The second-order valence-corrected chi connectivity index (χ2v) is 7.22. The van der Waals surface area contributed by atoms with Crippen LogP contribution in [0, 0.1) is 5.82 Å². The van der Waals surface area contributed by atoms with Crippen molar-refractivity contribution in [2.45, 2.75) is 18.5 Å². The summed E-state index contributed by atoms with van der Waals surface area (Å²) in [5.41, 5.74) is 15.7. The Morgan fingerprint density at radius 3 is 2.63 bits per heavy atom. The van der Waals surface area contributed by atoms with Gasteiger partial charge in [0.1, 0.15) is 0 Å². The molecule has 3 heterocycles. The Hall–Kier alpha value is -2.74. The lowest BCUT2D eigenvalue weighted by atomic mass is 9.98. The number of nitrogens with zero attached hydrogens (tertiary/aromatic N) is 3. The number of thiophene rings is 1. The van der Waals surface area contributed by atoms with Crippen LogP contribution in [0.4, 0.5) is 4.39 Å². The van der Waals surface area contributed by atoms with E-state index in [-0.39, 0.29) is 11.9 Å². The molecule has 3 aromatic heterocycles. The van der Waals surface area contributed by atoms with Crippen molar-refractivity contribution in [1.29, 1.82) is 0 Å². The van der Waals surface area contributed by atoms with Gasteiger partial charge in [0.2, 0.25) is 0 Å². The van der Waals surface area contributed by atoms with Gasteiger partial charge in [-0.2, -0.15) is 0 Å². The lowest BCUT2D eigenvalue weighted by molar-refractivity contribution is 0.536. The maximum atomic E-state index is 14.2. The molecule has 0 saturated carbocycles. The molecule has 2 unspecified atom stereocenters. The highest BCUT2D eigenvalue weighted by atomic mass is 32.1. The zero-order valence-corrected chi connectivity index (χ0v) is 15.2. The van der Waals surface area contributed by atoms with Crippen molar-refractivity contribution in [3.63, 3.8) is 0 Å². The van der Waals surface area contributed by atoms with Gasteiger partial charge in [0.05, 0.1) is 33.7 Å². The smallest absolute Gasteiger partial charge is 0.163 e. The van der Waals surface area contributed by atoms with Crippen molar-refractivity contribution in [2.75, 3.05) is 0 Å². The highest BCUT2D eigenvalue weighted by Gasteiger charge is 2.23. The first-order chi connectivity index (χ1) is 13.1. The molecule has 0 spiro atoms. The first-order valence-electron chi connectivity index (χ1n) is 8.53. The van der Waals surface area contributed by atoms with Crippen LogP contribution >= 0.6 is 11.3 Å². The third kappa shape index (κ3) is 3.57. The number of aromatic nitrogens is 3. The fourth-order valence-corrected chi connectivity index (χ4v) is 3.87. The Morgan fingerprint density at radius 1 is 1.04 bits per heavy atom. The summed E-state index contributed by atoms with van der Waals surface area (Å²) in [6.45, 7) is 0. The van der Waals surface area contributed by atoms with Gasteiger partial charge in [-0.3, -0.25) is 4.98 Å². The molecular weight excluding hydrogens is 361 g/mol. The van der Waals surface area contributed by atoms with E-state index in [4.69, 9.17) is 11.5 Å². The van der Waals surface area contributed by atoms with Gasteiger partial charge < -0.3 is 11.5 Å². The van der Waals surface area contributed by atoms with Crippen LogP contribution in [0.1, 0.15) is 17.3 Å². The molecule has 0 saturated heterocycles. The van der Waals surface area contributed by atoms with Crippen LogP contribution in [0.2, 0.25) is 0 Å². The molecule has 136 valence electrons. The normalized spacial score (nSPS) is 13.6. The second kappa shape index (κ2) is 7.48. The minimum atomic E-state index is -0.502. The molecule has 0 aliphatic carbocycles. The largest absolute Gasteiger partial charge is 0.326 e. The van der Waals surface area contributed by atoms with E-state index in [0.717, 1.165) is 22.0 Å². The third-order valence-corrected chi connectivity index (χ3v) is 5.36. The summed E-state index contributed by atoms with van der Waals surface area (Å²) in [6.07, 6.45) is 3.29. The maximum absolute atomic E-state index is 14.2. The van der Waals surface area contributed by atoms with Crippen molar-refractivity contribution >= 4 is 21.6 Å². The van der Waals surface area contributed by atoms with Gasteiger partial charge in [0.15, 0.2) is 11.6 Å². The number of hydrogen-bond donors (Lipinski definition) is 2. The van der Waals surface area contributed by atoms with Gasteiger partial charge in [-0.15, -0.1) is 11.3 Å². The molecule has 4 N–H and O–H groups in total. The molecule has 0 fully saturated rings. The topological polar surface area (TPSA) is 90.7 Å². The molecule has 0 radical (unpaired) electrons. The van der Waals surface area contributed by atoms with Crippen LogP contribution in [-0.4, -0.2) is 21.0 Å². The zero-order valence-electron chi connectivity index (χ0n) is 14.4. The predicted molar refractivity (Wildman–Crippen MR) is 106 cm³/mol. The first-order valence-corrected chi connectivity index (χ1v) is 9.41. The lowest BCUT2D eigenvalue weighted by Gasteiger charge is -2.20. The first kappa shape index (κ1) is 17.7. The van der Waals surface area contributed by atoms with Crippen LogP contribution in [0.15, 0.2) is 60.2 Å². The lowest BCUT2D eigenvalue weighted by Crippen LogP contribution is -2.36. The van der Waals surface area contributed by atoms with Crippen LogP contribution in [-0.2, 0) is 6.42 Å². The highest BCUT2D eigenvalue weighted by Crippen LogP contribution is 2.30. The summed E-state index contributed by atoms with van der Waals surface area (Å²) < 4.78 is 15.1. The molecule has 0 bridgehead atoms. The number of benzene rings is 1. The summed E-state index contributed by atoms with van der Waals surface area (Å²) in [4.78, 5) is 12.9. The highest BCUT2D eigenvalue weighted by molar-refractivity contribution is 7.17. The minimum Gasteiger partial charge on any atom is -0.326 e. The van der Waals surface area contributed by atoms with Crippen LogP contribution in [0.5, 0.6) is 0 Å². The molecule has 1 aromatic carbocycles. The summed E-state index contributed by atoms with van der Waals surface area (Å²) >= 11 is 1.51. The second-order valence-electron chi connectivity index (χ2n) is 6.30. The maximum Gasteiger partial charge on any atom is 0.163 e. The Kier molecular flexibility index (Phi) is 4.89. The summed E-state index contributed by atoms with van der Waals surface area (Å²) in [7, 11) is 0. The van der Waals surface area contributed by atoms with Crippen molar-refractivity contribution < 1.29 is 4.39 Å². The van der Waals surface area contributed by atoms with E-state index in [0.29, 0.717) is 17.7 Å². The van der Waals surface area contributed by atoms with Gasteiger partial charge in [-0.1, -0.05) is 30.3 Å². The summed E-state index contributed by atoms with van der Waals surface area (Å²) in [5.74, 6) is -0.182. The van der Waals surface area contributed by atoms with Gasteiger partial charge in [0.25, 0.3) is 0 Å². The van der Waals surface area contributed by atoms with Crippen molar-refractivity contribution in [3.8, 4) is 11.4 Å². The molecule has 4 aromatic rings. The SMILES string of the molecule is NC(Cc1ccccc1)C(N)c1nc(-c2ccncc2F)nc2ccsc12. The van der Waals surface area contributed by atoms with Crippen LogP contribution < -0.4 is 11.5 Å². The van der Waals surface area contributed by atoms with E-state index < -0.39 is 11.9 Å². The Morgan fingerprint density at radius 2 is 1.85 bits per heavy atom. The van der Waals surface area contributed by atoms with E-state index in [1.165, 1.54) is 17.5 Å². The minimum absolute atomic E-state index is 0.290. The Balaban J connectivity index is 1.74. The molecule has 27 heavy (non-hydrogen) atoms. The third-order valence-electron chi connectivity index (χ3n) is 4.43. The van der Waals surface area contributed by atoms with E-state index in [1.807, 2.05) is 41.8 Å². The molecule has 4 rings (SSSR count). The van der Waals surface area contributed by atoms with E-state index in [1.54, 1.807) is 6.07 Å². The number of nitrogens with two attached hydrogens (primary N) is 2. The van der Waals surface area contributed by atoms with Gasteiger partial charge in [-0.05, 0) is 29.5 Å². The monoisotopic (exact) mass is 379 g/mol. The molecular formula is C20H18FN5S. The summed E-state index contributed by atoms with van der Waals surface area (Å²) in [5, 5.41) is 1.92. The van der Waals surface area contributed by atoms with Crippen molar-refractivity contribution in [3.05, 3.63) is 77.3 Å². The molecule has 0 aliphatic heterocycles. The number of fused-ring (bicyclic) bond motifs is 1. The molecule has 7 heteroatoms. The van der Waals surface area contributed by atoms with Crippen molar-refractivity contribution in [2.24, 2.45) is 11.5 Å². The molecule has 0 amide bonds. The number of halogens is 1. The number of pyridine rings is 1. The standard InChI is InChI=1S/C20H18FN5S/c21-14-11-24-8-6-13(14)20-25-16-7-9-27-19(16)18(26-20)17(23)15(22)10-12-4-2-1-3-5-12/h1-9,11,15,17H,10,22-23H2. The van der Waals surface area contributed by atoms with Crippen LogP contribution in [0.25, 0.3) is 21.6 Å². The Labute approximate surface area is 159 Å². The van der Waals surface area contributed by atoms with Gasteiger partial charge in [0, 0.05) is 12.2 Å².